The number of nitrogens with zero attached hydrogens (tertiary/aromatic N) is 1. The fourth-order valence-electron chi connectivity index (χ4n) is 2.62. The van der Waals surface area contributed by atoms with Crippen molar-refractivity contribution in [3.8, 4) is 0 Å². The second-order valence-corrected chi connectivity index (χ2v) is 7.61. The van der Waals surface area contributed by atoms with Crippen LogP contribution in [-0.2, 0) is 21.3 Å². The van der Waals surface area contributed by atoms with E-state index in [4.69, 9.17) is 4.74 Å². The number of halogens is 1. The number of rotatable bonds is 5. The second-order valence-electron chi connectivity index (χ2n) is 5.84. The maximum absolute atomic E-state index is 13.6. The van der Waals surface area contributed by atoms with E-state index >= 15 is 0 Å². The van der Waals surface area contributed by atoms with Crippen molar-refractivity contribution in [2.45, 2.75) is 11.4 Å². The Bertz CT molecular complexity index is 878. The summed E-state index contributed by atoms with van der Waals surface area (Å²) in [6, 6.07) is 11.7. The molecule has 1 saturated heterocycles. The highest BCUT2D eigenvalue weighted by Gasteiger charge is 2.20. The molecule has 3 rings (SSSR count). The van der Waals surface area contributed by atoms with Gasteiger partial charge in [-0.1, -0.05) is 18.2 Å². The zero-order chi connectivity index (χ0) is 18.6. The first-order valence-electron chi connectivity index (χ1n) is 8.17. The molecule has 0 unspecified atom stereocenters. The van der Waals surface area contributed by atoms with Gasteiger partial charge in [-0.3, -0.25) is 4.79 Å². The number of benzene rings is 2. The van der Waals surface area contributed by atoms with E-state index in [1.54, 1.807) is 11.0 Å². The van der Waals surface area contributed by atoms with E-state index in [1.807, 2.05) is 0 Å². The van der Waals surface area contributed by atoms with Crippen molar-refractivity contribution in [3.63, 3.8) is 0 Å². The molecule has 1 heterocycles. The van der Waals surface area contributed by atoms with E-state index in [9.17, 15) is 17.6 Å². The molecule has 0 saturated carbocycles. The zero-order valence-corrected chi connectivity index (χ0v) is 14.8. The van der Waals surface area contributed by atoms with Crippen LogP contribution in [0.4, 0.5) is 4.39 Å². The first-order chi connectivity index (χ1) is 12.5. The molecule has 0 aliphatic carbocycles. The van der Waals surface area contributed by atoms with Crippen LogP contribution in [-0.4, -0.2) is 45.5 Å². The van der Waals surface area contributed by atoms with Crippen LogP contribution in [0.3, 0.4) is 0 Å². The highest BCUT2D eigenvalue weighted by molar-refractivity contribution is 7.89. The lowest BCUT2D eigenvalue weighted by Gasteiger charge is -2.26. The summed E-state index contributed by atoms with van der Waals surface area (Å²) < 4.78 is 45.9. The molecule has 1 N–H and O–H groups in total. The van der Waals surface area contributed by atoms with Crippen LogP contribution in [0.15, 0.2) is 53.4 Å². The molecule has 0 atom stereocenters. The number of hydrogen-bond donors (Lipinski definition) is 1. The summed E-state index contributed by atoms with van der Waals surface area (Å²) in [5, 5.41) is 0. The maximum Gasteiger partial charge on any atom is 0.254 e. The molecule has 1 amide bonds. The summed E-state index contributed by atoms with van der Waals surface area (Å²) in [6.07, 6.45) is 0. The van der Waals surface area contributed by atoms with Crippen molar-refractivity contribution in [2.24, 2.45) is 0 Å². The quantitative estimate of drug-likeness (QED) is 0.861. The summed E-state index contributed by atoms with van der Waals surface area (Å²) in [4.78, 5) is 14.1. The summed E-state index contributed by atoms with van der Waals surface area (Å²) in [7, 11) is -3.80. The topological polar surface area (TPSA) is 75.7 Å². The zero-order valence-electron chi connectivity index (χ0n) is 14.0. The highest BCUT2D eigenvalue weighted by atomic mass is 32.2. The Hall–Kier alpha value is -2.29. The molecule has 2 aromatic rings. The van der Waals surface area contributed by atoms with E-state index in [0.29, 0.717) is 31.9 Å². The summed E-state index contributed by atoms with van der Waals surface area (Å²) in [5.74, 6) is -0.627. The van der Waals surface area contributed by atoms with Crippen molar-refractivity contribution in [3.05, 3.63) is 65.5 Å². The average molecular weight is 378 g/mol. The predicted octanol–water partition coefficient (Wildman–Crippen LogP) is 1.78. The Morgan fingerprint density at radius 2 is 1.73 bits per heavy atom. The molecule has 8 heteroatoms. The Labute approximate surface area is 151 Å². The van der Waals surface area contributed by atoms with E-state index in [-0.39, 0.29) is 22.9 Å². The van der Waals surface area contributed by atoms with Gasteiger partial charge >= 0.3 is 0 Å². The van der Waals surface area contributed by atoms with Gasteiger partial charge in [-0.2, -0.15) is 0 Å². The van der Waals surface area contributed by atoms with Gasteiger partial charge in [0.1, 0.15) is 5.82 Å². The summed E-state index contributed by atoms with van der Waals surface area (Å²) >= 11 is 0. The molecular formula is C18H19FN2O4S. The van der Waals surface area contributed by atoms with Crippen LogP contribution in [0.2, 0.25) is 0 Å². The number of nitrogens with one attached hydrogen (secondary N) is 1. The minimum atomic E-state index is -3.80. The molecule has 138 valence electrons. The molecule has 1 fully saturated rings. The fraction of sp³-hybridized carbons (Fsp3) is 0.278. The lowest BCUT2D eigenvalue weighted by Crippen LogP contribution is -2.40. The number of sulfonamides is 1. The van der Waals surface area contributed by atoms with Crippen LogP contribution in [0.1, 0.15) is 15.9 Å². The summed E-state index contributed by atoms with van der Waals surface area (Å²) in [5.41, 5.74) is 0.676. The van der Waals surface area contributed by atoms with E-state index in [1.165, 1.54) is 42.5 Å². The van der Waals surface area contributed by atoms with Gasteiger partial charge in [-0.25, -0.2) is 17.5 Å². The Kier molecular flexibility index (Phi) is 5.65. The number of ether oxygens (including phenoxy) is 1. The monoisotopic (exact) mass is 378 g/mol. The van der Waals surface area contributed by atoms with Gasteiger partial charge in [0.2, 0.25) is 10.0 Å². The minimum Gasteiger partial charge on any atom is -0.378 e. The number of hydrogen-bond acceptors (Lipinski definition) is 4. The third kappa shape index (κ3) is 4.27. The molecule has 2 aromatic carbocycles. The van der Waals surface area contributed by atoms with Gasteiger partial charge in [-0.15, -0.1) is 0 Å². The Morgan fingerprint density at radius 3 is 2.38 bits per heavy atom. The highest BCUT2D eigenvalue weighted by Crippen LogP contribution is 2.14. The van der Waals surface area contributed by atoms with Crippen molar-refractivity contribution in [2.75, 3.05) is 26.3 Å². The van der Waals surface area contributed by atoms with Crippen LogP contribution >= 0.6 is 0 Å². The lowest BCUT2D eigenvalue weighted by molar-refractivity contribution is 0.0303. The van der Waals surface area contributed by atoms with Crippen LogP contribution in [0, 0.1) is 5.82 Å². The lowest BCUT2D eigenvalue weighted by atomic mass is 10.2. The number of morpholine rings is 1. The molecule has 0 radical (unpaired) electrons. The fourth-order valence-corrected chi connectivity index (χ4v) is 3.63. The molecule has 26 heavy (non-hydrogen) atoms. The normalized spacial score (nSPS) is 15.0. The van der Waals surface area contributed by atoms with E-state index in [0.717, 1.165) is 0 Å². The van der Waals surface area contributed by atoms with Gasteiger partial charge in [-0.05, 0) is 30.3 Å². The van der Waals surface area contributed by atoms with Gasteiger partial charge in [0.15, 0.2) is 0 Å². The van der Waals surface area contributed by atoms with Gasteiger partial charge in [0.05, 0.1) is 18.1 Å². The van der Waals surface area contributed by atoms with Crippen molar-refractivity contribution >= 4 is 15.9 Å². The number of amides is 1. The van der Waals surface area contributed by atoms with Crippen LogP contribution < -0.4 is 4.72 Å². The van der Waals surface area contributed by atoms with Crippen molar-refractivity contribution in [1.82, 2.24) is 9.62 Å². The number of carbonyl (C=O) groups is 1. The predicted molar refractivity (Wildman–Crippen MR) is 93.6 cm³/mol. The van der Waals surface area contributed by atoms with Crippen LogP contribution in [0.5, 0.6) is 0 Å². The van der Waals surface area contributed by atoms with Gasteiger partial charge in [0, 0.05) is 30.8 Å². The SMILES string of the molecule is O=C(c1ccc(S(=O)(=O)NCc2ccccc2F)cc1)N1CCOCC1. The third-order valence-corrected chi connectivity index (χ3v) is 5.54. The van der Waals surface area contributed by atoms with E-state index < -0.39 is 15.8 Å². The molecule has 0 spiro atoms. The van der Waals surface area contributed by atoms with Gasteiger partial charge in [0.25, 0.3) is 5.91 Å². The molecule has 0 aromatic heterocycles. The van der Waals surface area contributed by atoms with Crippen molar-refractivity contribution < 1.29 is 22.3 Å². The third-order valence-electron chi connectivity index (χ3n) is 4.12. The first kappa shape index (κ1) is 18.5. The number of carbonyl (C=O) groups excluding carboxylic acids is 1. The standard InChI is InChI=1S/C18H19FN2O4S/c19-17-4-2-1-3-15(17)13-20-26(23,24)16-7-5-14(6-8-16)18(22)21-9-11-25-12-10-21/h1-8,20H,9-13H2. The van der Waals surface area contributed by atoms with Gasteiger partial charge < -0.3 is 9.64 Å². The Balaban J connectivity index is 1.68. The van der Waals surface area contributed by atoms with Crippen molar-refractivity contribution in [1.29, 1.82) is 0 Å². The van der Waals surface area contributed by atoms with Crippen LogP contribution in [0.25, 0.3) is 0 Å². The molecule has 1 aliphatic heterocycles. The average Bonchev–Trinajstić information content (AvgIpc) is 2.67. The molecular weight excluding hydrogens is 359 g/mol. The molecule has 0 bridgehead atoms. The largest absolute Gasteiger partial charge is 0.378 e. The first-order valence-corrected chi connectivity index (χ1v) is 9.66. The smallest absolute Gasteiger partial charge is 0.254 e. The second kappa shape index (κ2) is 7.94. The maximum atomic E-state index is 13.6. The van der Waals surface area contributed by atoms with E-state index in [2.05, 4.69) is 4.72 Å². The minimum absolute atomic E-state index is 0.0207. The summed E-state index contributed by atoms with van der Waals surface area (Å²) in [6.45, 7) is 1.88. The molecule has 6 nitrogen and oxygen atoms in total. The Morgan fingerprint density at radius 1 is 1.08 bits per heavy atom. The molecule has 1 aliphatic rings.